The molecule has 0 unspecified atom stereocenters. The van der Waals surface area contributed by atoms with Crippen LogP contribution in [0, 0.1) is 6.92 Å². The lowest BCUT2D eigenvalue weighted by molar-refractivity contribution is -0.131. The number of rotatable bonds is 7. The van der Waals surface area contributed by atoms with Crippen LogP contribution in [0.15, 0.2) is 47.4 Å². The van der Waals surface area contributed by atoms with Crippen molar-refractivity contribution in [2.24, 2.45) is 0 Å². The maximum atomic E-state index is 12.5. The molecular formula is C19H21Cl2NO3S. The Kier molecular flexibility index (Phi) is 7.09. The maximum absolute atomic E-state index is 12.5. The Labute approximate surface area is 164 Å². The first-order chi connectivity index (χ1) is 12.2. The SMILES string of the molecule is CCN(Cc1ccc(Cl)c(Cl)c1)C(=O)CCS(=O)(=O)c1ccc(C)cc1. The van der Waals surface area contributed by atoms with Crippen LogP contribution in [0.25, 0.3) is 0 Å². The molecule has 2 rings (SSSR count). The second-order valence-corrected chi connectivity index (χ2v) is 8.96. The molecule has 0 saturated heterocycles. The van der Waals surface area contributed by atoms with E-state index in [0.29, 0.717) is 23.1 Å². The highest BCUT2D eigenvalue weighted by Crippen LogP contribution is 2.23. The Morgan fingerprint density at radius 3 is 2.27 bits per heavy atom. The molecule has 0 bridgehead atoms. The quantitative estimate of drug-likeness (QED) is 0.670. The Bertz CT molecular complexity index is 880. The van der Waals surface area contributed by atoms with E-state index in [-0.39, 0.29) is 23.0 Å². The van der Waals surface area contributed by atoms with Gasteiger partial charge in [-0.15, -0.1) is 0 Å². The number of hydrogen-bond acceptors (Lipinski definition) is 3. The fraction of sp³-hybridized carbons (Fsp3) is 0.316. The number of carbonyl (C=O) groups excluding carboxylic acids is 1. The number of benzene rings is 2. The molecule has 7 heteroatoms. The van der Waals surface area contributed by atoms with Gasteiger partial charge in [0, 0.05) is 19.5 Å². The maximum Gasteiger partial charge on any atom is 0.223 e. The number of hydrogen-bond donors (Lipinski definition) is 0. The largest absolute Gasteiger partial charge is 0.339 e. The minimum atomic E-state index is -3.49. The fourth-order valence-electron chi connectivity index (χ4n) is 2.48. The van der Waals surface area contributed by atoms with Crippen LogP contribution in [0.2, 0.25) is 10.0 Å². The van der Waals surface area contributed by atoms with E-state index in [2.05, 4.69) is 0 Å². The average molecular weight is 414 g/mol. The third kappa shape index (κ3) is 5.47. The first kappa shape index (κ1) is 20.7. The van der Waals surface area contributed by atoms with Gasteiger partial charge in [0.1, 0.15) is 0 Å². The highest BCUT2D eigenvalue weighted by atomic mass is 35.5. The lowest BCUT2D eigenvalue weighted by atomic mass is 10.2. The number of sulfone groups is 1. The molecule has 0 radical (unpaired) electrons. The minimum absolute atomic E-state index is 0.0641. The Balaban J connectivity index is 2.02. The van der Waals surface area contributed by atoms with Crippen molar-refractivity contribution in [3.8, 4) is 0 Å². The molecule has 0 heterocycles. The van der Waals surface area contributed by atoms with Crippen molar-refractivity contribution in [1.29, 1.82) is 0 Å². The van der Waals surface area contributed by atoms with Crippen LogP contribution in [0.5, 0.6) is 0 Å². The van der Waals surface area contributed by atoms with Gasteiger partial charge in [-0.3, -0.25) is 4.79 Å². The van der Waals surface area contributed by atoms with E-state index >= 15 is 0 Å². The van der Waals surface area contributed by atoms with Crippen molar-refractivity contribution < 1.29 is 13.2 Å². The molecule has 0 aromatic heterocycles. The van der Waals surface area contributed by atoms with Crippen molar-refractivity contribution >= 4 is 38.9 Å². The zero-order valence-electron chi connectivity index (χ0n) is 14.7. The first-order valence-corrected chi connectivity index (χ1v) is 10.6. The van der Waals surface area contributed by atoms with Gasteiger partial charge in [0.2, 0.25) is 5.91 Å². The van der Waals surface area contributed by atoms with Crippen LogP contribution in [-0.4, -0.2) is 31.5 Å². The van der Waals surface area contributed by atoms with E-state index in [4.69, 9.17) is 23.2 Å². The van der Waals surface area contributed by atoms with E-state index in [0.717, 1.165) is 11.1 Å². The van der Waals surface area contributed by atoms with Gasteiger partial charge in [-0.25, -0.2) is 8.42 Å². The van der Waals surface area contributed by atoms with Crippen LogP contribution in [0.1, 0.15) is 24.5 Å². The summed E-state index contributed by atoms with van der Waals surface area (Å²) in [6, 6.07) is 11.8. The average Bonchev–Trinajstić information content (AvgIpc) is 2.61. The summed E-state index contributed by atoms with van der Waals surface area (Å²) < 4.78 is 24.8. The highest BCUT2D eigenvalue weighted by Gasteiger charge is 2.19. The van der Waals surface area contributed by atoms with Gasteiger partial charge in [-0.05, 0) is 43.7 Å². The van der Waals surface area contributed by atoms with Crippen molar-refractivity contribution in [2.75, 3.05) is 12.3 Å². The molecule has 0 atom stereocenters. The van der Waals surface area contributed by atoms with E-state index < -0.39 is 9.84 Å². The smallest absolute Gasteiger partial charge is 0.223 e. The van der Waals surface area contributed by atoms with Gasteiger partial charge in [-0.1, -0.05) is 47.0 Å². The predicted molar refractivity (Wildman–Crippen MR) is 105 cm³/mol. The summed E-state index contributed by atoms with van der Waals surface area (Å²) in [6.07, 6.45) is -0.0641. The Morgan fingerprint density at radius 2 is 1.69 bits per heavy atom. The molecule has 26 heavy (non-hydrogen) atoms. The zero-order chi connectivity index (χ0) is 19.3. The van der Waals surface area contributed by atoms with Gasteiger partial charge >= 0.3 is 0 Å². The summed E-state index contributed by atoms with van der Waals surface area (Å²) in [5, 5.41) is 0.878. The molecular weight excluding hydrogens is 393 g/mol. The van der Waals surface area contributed by atoms with E-state index in [1.165, 1.54) is 0 Å². The first-order valence-electron chi connectivity index (χ1n) is 8.24. The van der Waals surface area contributed by atoms with Gasteiger partial charge < -0.3 is 4.90 Å². The van der Waals surface area contributed by atoms with Crippen LogP contribution < -0.4 is 0 Å². The molecule has 140 valence electrons. The highest BCUT2D eigenvalue weighted by molar-refractivity contribution is 7.91. The normalized spacial score (nSPS) is 11.4. The van der Waals surface area contributed by atoms with Crippen molar-refractivity contribution in [3.63, 3.8) is 0 Å². The summed E-state index contributed by atoms with van der Waals surface area (Å²) in [4.78, 5) is 14.3. The molecule has 2 aromatic carbocycles. The van der Waals surface area contributed by atoms with Gasteiger partial charge in [0.15, 0.2) is 9.84 Å². The van der Waals surface area contributed by atoms with Gasteiger partial charge in [0.05, 0.1) is 20.7 Å². The third-order valence-electron chi connectivity index (χ3n) is 4.06. The van der Waals surface area contributed by atoms with Crippen molar-refractivity contribution in [2.45, 2.75) is 31.7 Å². The van der Waals surface area contributed by atoms with Crippen LogP contribution >= 0.6 is 23.2 Å². The molecule has 0 aliphatic carbocycles. The standard InChI is InChI=1S/C19H21Cl2NO3S/c1-3-22(13-15-6-9-17(20)18(21)12-15)19(23)10-11-26(24,25)16-7-4-14(2)5-8-16/h4-9,12H,3,10-11,13H2,1-2H3. The molecule has 1 amide bonds. The van der Waals surface area contributed by atoms with Crippen molar-refractivity contribution in [3.05, 3.63) is 63.6 Å². The second-order valence-electron chi connectivity index (χ2n) is 6.04. The number of amides is 1. The molecule has 4 nitrogen and oxygen atoms in total. The minimum Gasteiger partial charge on any atom is -0.339 e. The van der Waals surface area contributed by atoms with Crippen LogP contribution in [0.3, 0.4) is 0 Å². The van der Waals surface area contributed by atoms with E-state index in [1.54, 1.807) is 47.4 Å². The molecule has 0 N–H and O–H groups in total. The van der Waals surface area contributed by atoms with E-state index in [1.807, 2.05) is 13.8 Å². The number of halogens is 2. The lowest BCUT2D eigenvalue weighted by Crippen LogP contribution is -2.31. The molecule has 0 aliphatic rings. The van der Waals surface area contributed by atoms with Crippen molar-refractivity contribution in [1.82, 2.24) is 4.90 Å². The Morgan fingerprint density at radius 1 is 1.04 bits per heavy atom. The molecule has 0 aliphatic heterocycles. The molecule has 0 fully saturated rings. The number of carbonyl (C=O) groups is 1. The second kappa shape index (κ2) is 8.89. The summed E-state index contributed by atoms with van der Waals surface area (Å²) in [6.45, 7) is 4.58. The summed E-state index contributed by atoms with van der Waals surface area (Å²) >= 11 is 11.9. The lowest BCUT2D eigenvalue weighted by Gasteiger charge is -2.21. The summed E-state index contributed by atoms with van der Waals surface area (Å²) in [5.74, 6) is -0.429. The molecule has 2 aromatic rings. The zero-order valence-corrected chi connectivity index (χ0v) is 17.0. The fourth-order valence-corrected chi connectivity index (χ4v) is 4.03. The molecule has 0 saturated carbocycles. The van der Waals surface area contributed by atoms with E-state index in [9.17, 15) is 13.2 Å². The van der Waals surface area contributed by atoms with Gasteiger partial charge in [0.25, 0.3) is 0 Å². The predicted octanol–water partition coefficient (Wildman–Crippen LogP) is 4.51. The number of nitrogens with zero attached hydrogens (tertiary/aromatic N) is 1. The monoisotopic (exact) mass is 413 g/mol. The summed E-state index contributed by atoms with van der Waals surface area (Å²) in [7, 11) is -3.49. The molecule has 0 spiro atoms. The van der Waals surface area contributed by atoms with Crippen LogP contribution in [-0.2, 0) is 21.2 Å². The summed E-state index contributed by atoms with van der Waals surface area (Å²) in [5.41, 5.74) is 1.83. The number of aryl methyl sites for hydroxylation is 1. The van der Waals surface area contributed by atoms with Gasteiger partial charge in [-0.2, -0.15) is 0 Å². The topological polar surface area (TPSA) is 54.5 Å². The third-order valence-corrected chi connectivity index (χ3v) is 6.53. The Hall–Kier alpha value is -1.56. The van der Waals surface area contributed by atoms with Crippen LogP contribution in [0.4, 0.5) is 0 Å².